The van der Waals surface area contributed by atoms with Crippen LogP contribution in [0.3, 0.4) is 0 Å². The molecule has 0 aromatic heterocycles. The number of nitrogens with zero attached hydrogens (tertiary/aromatic N) is 1. The number of nitrogens with one attached hydrogen (secondary N) is 1. The van der Waals surface area contributed by atoms with Crippen LogP contribution in [0.1, 0.15) is 37.3 Å². The fourth-order valence-corrected chi connectivity index (χ4v) is 2.49. The summed E-state index contributed by atoms with van der Waals surface area (Å²) in [6.07, 6.45) is 8.15. The molecule has 2 unspecified atom stereocenters. The quantitative estimate of drug-likeness (QED) is 0.879. The molecule has 0 amide bonds. The lowest BCUT2D eigenvalue weighted by molar-refractivity contribution is 0.326. The Morgan fingerprint density at radius 1 is 1.50 bits per heavy atom. The molecule has 1 N–H and O–H groups in total. The van der Waals surface area contributed by atoms with Crippen molar-refractivity contribution in [3.8, 4) is 6.07 Å². The molecule has 1 aromatic carbocycles. The summed E-state index contributed by atoms with van der Waals surface area (Å²) in [5.74, 6) is 0.853. The molecule has 0 bridgehead atoms. The highest BCUT2D eigenvalue weighted by atomic mass is 14.9. The minimum absolute atomic E-state index is 0.481. The molecule has 1 saturated heterocycles. The van der Waals surface area contributed by atoms with Gasteiger partial charge in [-0.3, -0.25) is 0 Å². The Hall–Kier alpha value is -1.59. The molecule has 2 nitrogen and oxygen atoms in total. The van der Waals surface area contributed by atoms with Crippen LogP contribution in [0.5, 0.6) is 0 Å². The van der Waals surface area contributed by atoms with Crippen molar-refractivity contribution >= 4 is 6.08 Å². The molecule has 1 aromatic rings. The standard InChI is InChI=1S/C16H20N2/c1-2-13-8-9-18-16(11-13)7-6-14-4-3-5-15(10-14)12-17/h3-7,10,13,16,18H,2,8-9,11H2,1H3/b7-6+. The zero-order valence-corrected chi connectivity index (χ0v) is 10.9. The van der Waals surface area contributed by atoms with Crippen molar-refractivity contribution in [1.29, 1.82) is 5.26 Å². The summed E-state index contributed by atoms with van der Waals surface area (Å²) in [6.45, 7) is 3.39. The maximum absolute atomic E-state index is 8.86. The molecule has 1 fully saturated rings. The smallest absolute Gasteiger partial charge is 0.0991 e. The van der Waals surface area contributed by atoms with Crippen molar-refractivity contribution in [2.45, 2.75) is 32.2 Å². The second kappa shape index (κ2) is 6.37. The number of hydrogen-bond donors (Lipinski definition) is 1. The number of rotatable bonds is 3. The summed E-state index contributed by atoms with van der Waals surface area (Å²) >= 11 is 0. The summed E-state index contributed by atoms with van der Waals surface area (Å²) < 4.78 is 0. The van der Waals surface area contributed by atoms with Crippen LogP contribution in [0.2, 0.25) is 0 Å². The Labute approximate surface area is 109 Å². The summed E-state index contributed by atoms with van der Waals surface area (Å²) in [6, 6.07) is 10.4. The van der Waals surface area contributed by atoms with Gasteiger partial charge in [-0.25, -0.2) is 0 Å². The van der Waals surface area contributed by atoms with E-state index >= 15 is 0 Å². The topological polar surface area (TPSA) is 35.8 Å². The maximum atomic E-state index is 8.86. The van der Waals surface area contributed by atoms with E-state index in [4.69, 9.17) is 5.26 Å². The maximum Gasteiger partial charge on any atom is 0.0991 e. The van der Waals surface area contributed by atoms with Crippen molar-refractivity contribution in [1.82, 2.24) is 5.32 Å². The van der Waals surface area contributed by atoms with Crippen LogP contribution in [0.25, 0.3) is 6.08 Å². The monoisotopic (exact) mass is 240 g/mol. The van der Waals surface area contributed by atoms with E-state index < -0.39 is 0 Å². The van der Waals surface area contributed by atoms with Gasteiger partial charge >= 0.3 is 0 Å². The molecule has 2 heteroatoms. The van der Waals surface area contributed by atoms with Crippen molar-refractivity contribution in [3.63, 3.8) is 0 Å². The molecule has 2 atom stereocenters. The van der Waals surface area contributed by atoms with E-state index in [1.165, 1.54) is 19.3 Å². The predicted octanol–water partition coefficient (Wildman–Crippen LogP) is 3.35. The van der Waals surface area contributed by atoms with Gasteiger partial charge in [0.25, 0.3) is 0 Å². The first-order valence-electron chi connectivity index (χ1n) is 6.73. The third kappa shape index (κ3) is 3.45. The van der Waals surface area contributed by atoms with E-state index in [0.29, 0.717) is 6.04 Å². The average Bonchev–Trinajstić information content (AvgIpc) is 2.45. The van der Waals surface area contributed by atoms with E-state index in [1.54, 1.807) is 0 Å². The normalized spacial score (nSPS) is 24.0. The zero-order valence-electron chi connectivity index (χ0n) is 10.9. The first-order valence-corrected chi connectivity index (χ1v) is 6.73. The summed E-state index contributed by atoms with van der Waals surface area (Å²) in [5.41, 5.74) is 1.83. The van der Waals surface area contributed by atoms with Gasteiger partial charge in [-0.15, -0.1) is 0 Å². The molecule has 1 aliphatic rings. The van der Waals surface area contributed by atoms with Gasteiger partial charge in [-0.05, 0) is 43.0 Å². The van der Waals surface area contributed by atoms with Crippen molar-refractivity contribution < 1.29 is 0 Å². The van der Waals surface area contributed by atoms with Crippen LogP contribution in [-0.2, 0) is 0 Å². The number of hydrogen-bond acceptors (Lipinski definition) is 2. The lowest BCUT2D eigenvalue weighted by atomic mass is 9.90. The molecular weight excluding hydrogens is 220 g/mol. The lowest BCUT2D eigenvalue weighted by Crippen LogP contribution is -2.36. The molecule has 1 heterocycles. The van der Waals surface area contributed by atoms with E-state index in [0.717, 1.165) is 23.6 Å². The Kier molecular flexibility index (Phi) is 4.55. The number of benzene rings is 1. The van der Waals surface area contributed by atoms with Gasteiger partial charge in [0, 0.05) is 6.04 Å². The lowest BCUT2D eigenvalue weighted by Gasteiger charge is -2.27. The van der Waals surface area contributed by atoms with E-state index in [1.807, 2.05) is 24.3 Å². The zero-order chi connectivity index (χ0) is 12.8. The minimum Gasteiger partial charge on any atom is -0.310 e. The van der Waals surface area contributed by atoms with Crippen LogP contribution in [-0.4, -0.2) is 12.6 Å². The second-order valence-corrected chi connectivity index (χ2v) is 4.96. The van der Waals surface area contributed by atoms with E-state index in [2.05, 4.69) is 30.5 Å². The van der Waals surface area contributed by atoms with Crippen LogP contribution < -0.4 is 5.32 Å². The van der Waals surface area contributed by atoms with E-state index in [-0.39, 0.29) is 0 Å². The van der Waals surface area contributed by atoms with Crippen LogP contribution in [0, 0.1) is 17.2 Å². The molecule has 0 aliphatic carbocycles. The second-order valence-electron chi connectivity index (χ2n) is 4.96. The van der Waals surface area contributed by atoms with Gasteiger partial charge in [-0.2, -0.15) is 5.26 Å². The molecular formula is C16H20N2. The fourth-order valence-electron chi connectivity index (χ4n) is 2.49. The predicted molar refractivity (Wildman–Crippen MR) is 75.0 cm³/mol. The van der Waals surface area contributed by atoms with Crippen molar-refractivity contribution in [2.24, 2.45) is 5.92 Å². The third-order valence-electron chi connectivity index (χ3n) is 3.66. The van der Waals surface area contributed by atoms with Gasteiger partial charge in [0.05, 0.1) is 11.6 Å². The molecule has 0 radical (unpaired) electrons. The summed E-state index contributed by atoms with van der Waals surface area (Å²) in [4.78, 5) is 0. The molecule has 0 spiro atoms. The first-order chi connectivity index (χ1) is 8.81. The SMILES string of the molecule is CCC1CCNC(/C=C/c2cccc(C#N)c2)C1. The molecule has 0 saturated carbocycles. The Bertz CT molecular complexity index is 456. The summed E-state index contributed by atoms with van der Waals surface area (Å²) in [5, 5.41) is 12.4. The van der Waals surface area contributed by atoms with E-state index in [9.17, 15) is 0 Å². The van der Waals surface area contributed by atoms with Crippen molar-refractivity contribution in [2.75, 3.05) is 6.54 Å². The number of piperidine rings is 1. The molecule has 2 rings (SSSR count). The summed E-state index contributed by atoms with van der Waals surface area (Å²) in [7, 11) is 0. The molecule has 18 heavy (non-hydrogen) atoms. The van der Waals surface area contributed by atoms with Gasteiger partial charge in [0.2, 0.25) is 0 Å². The fraction of sp³-hybridized carbons (Fsp3) is 0.438. The molecule has 1 aliphatic heterocycles. The minimum atomic E-state index is 0.481. The van der Waals surface area contributed by atoms with Gasteiger partial charge in [0.1, 0.15) is 0 Å². The highest BCUT2D eigenvalue weighted by Gasteiger charge is 2.17. The van der Waals surface area contributed by atoms with Crippen molar-refractivity contribution in [3.05, 3.63) is 41.5 Å². The van der Waals surface area contributed by atoms with Crippen LogP contribution in [0.15, 0.2) is 30.3 Å². The highest BCUT2D eigenvalue weighted by molar-refractivity contribution is 5.52. The first kappa shape index (κ1) is 12.9. The van der Waals surface area contributed by atoms with Crippen LogP contribution >= 0.6 is 0 Å². The van der Waals surface area contributed by atoms with Gasteiger partial charge in [0.15, 0.2) is 0 Å². The van der Waals surface area contributed by atoms with Crippen LogP contribution in [0.4, 0.5) is 0 Å². The highest BCUT2D eigenvalue weighted by Crippen LogP contribution is 2.20. The third-order valence-corrected chi connectivity index (χ3v) is 3.66. The van der Waals surface area contributed by atoms with Gasteiger partial charge < -0.3 is 5.32 Å². The largest absolute Gasteiger partial charge is 0.310 e. The Balaban J connectivity index is 1.99. The Morgan fingerprint density at radius 3 is 3.17 bits per heavy atom. The average molecular weight is 240 g/mol. The van der Waals surface area contributed by atoms with Gasteiger partial charge in [-0.1, -0.05) is 37.6 Å². The molecule has 94 valence electrons. The number of nitriles is 1. The Morgan fingerprint density at radius 2 is 2.39 bits per heavy atom.